The van der Waals surface area contributed by atoms with E-state index >= 15 is 4.39 Å². The van der Waals surface area contributed by atoms with Crippen molar-refractivity contribution in [2.24, 2.45) is 0 Å². The third-order valence-electron chi connectivity index (χ3n) is 6.27. The fourth-order valence-electron chi connectivity index (χ4n) is 4.55. The molecule has 8 heteroatoms. The first kappa shape index (κ1) is 26.1. The minimum atomic E-state index is -0.462. The molecule has 1 aliphatic rings. The maximum absolute atomic E-state index is 15.5. The molecule has 3 N–H and O–H groups in total. The lowest BCUT2D eigenvalue weighted by molar-refractivity contribution is -0.110. The zero-order chi connectivity index (χ0) is 27.5. The van der Waals surface area contributed by atoms with Gasteiger partial charge >= 0.3 is 0 Å². The lowest BCUT2D eigenvalue weighted by Crippen LogP contribution is -2.12. The summed E-state index contributed by atoms with van der Waals surface area (Å²) in [7, 11) is 4.05. The van der Waals surface area contributed by atoms with Crippen molar-refractivity contribution in [2.45, 2.75) is 26.4 Å². The molecule has 39 heavy (non-hydrogen) atoms. The molecule has 1 aliphatic heterocycles. The van der Waals surface area contributed by atoms with Crippen LogP contribution < -0.4 is 16.0 Å². The number of aromatic nitrogens is 2. The fraction of sp³-hybridized carbons (Fsp3) is 0.194. The van der Waals surface area contributed by atoms with E-state index in [1.54, 1.807) is 18.5 Å². The molecular formula is C31H31FN6O. The number of halogens is 1. The van der Waals surface area contributed by atoms with Crippen LogP contribution in [-0.2, 0) is 11.3 Å². The van der Waals surface area contributed by atoms with Crippen molar-refractivity contribution in [2.75, 3.05) is 30.0 Å². The van der Waals surface area contributed by atoms with Crippen LogP contribution in [-0.4, -0.2) is 40.9 Å². The molecular weight excluding hydrogens is 491 g/mol. The number of carbonyl (C=O) groups is 1. The van der Waals surface area contributed by atoms with Crippen molar-refractivity contribution < 1.29 is 9.18 Å². The summed E-state index contributed by atoms with van der Waals surface area (Å²) in [4.78, 5) is 24.0. The van der Waals surface area contributed by atoms with Gasteiger partial charge in [-0.3, -0.25) is 4.79 Å². The monoisotopic (exact) mass is 522 g/mol. The molecule has 4 aromatic rings. The molecule has 7 nitrogen and oxygen atoms in total. The van der Waals surface area contributed by atoms with Crippen molar-refractivity contribution in [3.05, 3.63) is 102 Å². The first-order valence-corrected chi connectivity index (χ1v) is 12.8. The van der Waals surface area contributed by atoms with Crippen LogP contribution in [0.15, 0.2) is 79.1 Å². The topological polar surface area (TPSA) is 82.2 Å². The van der Waals surface area contributed by atoms with Crippen molar-refractivity contribution in [1.82, 2.24) is 14.9 Å². The number of nitrogens with zero attached hydrogens (tertiary/aromatic N) is 3. The minimum absolute atomic E-state index is 0.177. The molecule has 0 fully saturated rings. The quantitative estimate of drug-likeness (QED) is 0.243. The summed E-state index contributed by atoms with van der Waals surface area (Å²) in [6.07, 6.45) is 3.15. The number of rotatable bonds is 8. The smallest absolute Gasteiger partial charge is 0.258 e. The summed E-state index contributed by atoms with van der Waals surface area (Å²) in [6, 6.07) is 20.9. The van der Waals surface area contributed by atoms with Gasteiger partial charge in [0.15, 0.2) is 0 Å². The van der Waals surface area contributed by atoms with Crippen LogP contribution in [0, 0.1) is 5.82 Å². The molecule has 1 aromatic heterocycles. The Hall–Kier alpha value is -4.56. The minimum Gasteiger partial charge on any atom is -0.354 e. The Morgan fingerprint density at radius 2 is 1.67 bits per heavy atom. The number of benzene rings is 3. The number of hydrogen-bond acceptors (Lipinski definition) is 6. The Morgan fingerprint density at radius 3 is 2.31 bits per heavy atom. The Labute approximate surface area is 227 Å². The SMILES string of the molecule is CC(C)Nc1ncc(-c2cc3c(cc2F)/C(=C(/Nc2ccc(CN(C)C)cc2)c2ccccc2)C(=O)N3)cn1. The van der Waals surface area contributed by atoms with E-state index in [1.165, 1.54) is 11.6 Å². The number of carbonyl (C=O) groups excluding carboxylic acids is 1. The van der Waals surface area contributed by atoms with Gasteiger partial charge in [-0.25, -0.2) is 14.4 Å². The maximum Gasteiger partial charge on any atom is 0.258 e. The zero-order valence-corrected chi connectivity index (χ0v) is 22.4. The normalized spacial score (nSPS) is 13.9. The third kappa shape index (κ3) is 5.81. The van der Waals surface area contributed by atoms with E-state index < -0.39 is 5.82 Å². The summed E-state index contributed by atoms with van der Waals surface area (Å²) >= 11 is 0. The Morgan fingerprint density at radius 1 is 0.974 bits per heavy atom. The second-order valence-electron chi connectivity index (χ2n) is 10.1. The van der Waals surface area contributed by atoms with Gasteiger partial charge in [0.1, 0.15) is 5.82 Å². The van der Waals surface area contributed by atoms with Gasteiger partial charge in [0.25, 0.3) is 5.91 Å². The maximum atomic E-state index is 15.5. The van der Waals surface area contributed by atoms with Crippen LogP contribution in [0.3, 0.4) is 0 Å². The van der Waals surface area contributed by atoms with E-state index in [2.05, 4.69) is 30.8 Å². The third-order valence-corrected chi connectivity index (χ3v) is 6.27. The Kier molecular flexibility index (Phi) is 7.38. The van der Waals surface area contributed by atoms with Gasteiger partial charge in [0, 0.05) is 53.0 Å². The lowest BCUT2D eigenvalue weighted by Gasteiger charge is -2.16. The van der Waals surface area contributed by atoms with Gasteiger partial charge in [0.05, 0.1) is 11.3 Å². The van der Waals surface area contributed by atoms with Gasteiger partial charge in [-0.05, 0) is 63.3 Å². The summed E-state index contributed by atoms with van der Waals surface area (Å²) < 4.78 is 15.5. The molecule has 0 unspecified atom stereocenters. The average molecular weight is 523 g/mol. The molecule has 1 amide bonds. The van der Waals surface area contributed by atoms with Crippen LogP contribution in [0.25, 0.3) is 22.4 Å². The lowest BCUT2D eigenvalue weighted by atomic mass is 9.97. The number of nitrogens with one attached hydrogen (secondary N) is 3. The summed E-state index contributed by atoms with van der Waals surface area (Å²) in [6.45, 7) is 4.81. The molecule has 0 bridgehead atoms. The van der Waals surface area contributed by atoms with E-state index in [0.29, 0.717) is 39.6 Å². The predicted octanol–water partition coefficient (Wildman–Crippen LogP) is 6.10. The summed E-state index contributed by atoms with van der Waals surface area (Å²) in [5, 5.41) is 9.48. The highest BCUT2D eigenvalue weighted by molar-refractivity contribution is 6.37. The zero-order valence-electron chi connectivity index (χ0n) is 22.4. The van der Waals surface area contributed by atoms with Crippen molar-refractivity contribution in [3.63, 3.8) is 0 Å². The van der Waals surface area contributed by atoms with Gasteiger partial charge in [-0.1, -0.05) is 42.5 Å². The first-order chi connectivity index (χ1) is 18.8. The number of anilines is 3. The van der Waals surface area contributed by atoms with Crippen molar-refractivity contribution in [1.29, 1.82) is 0 Å². The predicted molar refractivity (Wildman–Crippen MR) is 156 cm³/mol. The van der Waals surface area contributed by atoms with E-state index in [-0.39, 0.29) is 11.9 Å². The average Bonchev–Trinajstić information content (AvgIpc) is 3.22. The molecule has 0 atom stereocenters. The van der Waals surface area contributed by atoms with Gasteiger partial charge in [-0.15, -0.1) is 0 Å². The second-order valence-corrected chi connectivity index (χ2v) is 10.1. The number of hydrogen-bond donors (Lipinski definition) is 3. The van der Waals surface area contributed by atoms with Crippen molar-refractivity contribution in [3.8, 4) is 11.1 Å². The molecule has 0 saturated heterocycles. The standard InChI is InChI=1S/C31H31FN6O/c1-19(2)35-31-33-16-22(17-34-31)24-15-27-25(14-26(24)32)28(30(39)37-27)29(21-8-6-5-7-9-21)36-23-12-10-20(11-13-23)18-38(3)4/h5-17,19,36H,18H2,1-4H3,(H,37,39)(H,33,34,35)/b29-28-. The van der Waals surface area contributed by atoms with Crippen LogP contribution in [0.1, 0.15) is 30.5 Å². The molecule has 5 rings (SSSR count). The molecule has 0 saturated carbocycles. The number of amides is 1. The Bertz CT molecular complexity index is 1510. The highest BCUT2D eigenvalue weighted by Gasteiger charge is 2.30. The Balaban J connectivity index is 1.55. The summed E-state index contributed by atoms with van der Waals surface area (Å²) in [5.41, 5.74) is 5.68. The number of fused-ring (bicyclic) bond motifs is 1. The molecule has 2 heterocycles. The van der Waals surface area contributed by atoms with E-state index in [0.717, 1.165) is 17.8 Å². The highest BCUT2D eigenvalue weighted by atomic mass is 19.1. The van der Waals surface area contributed by atoms with Crippen LogP contribution in [0.4, 0.5) is 21.7 Å². The van der Waals surface area contributed by atoms with Gasteiger partial charge in [0.2, 0.25) is 5.95 Å². The van der Waals surface area contributed by atoms with Gasteiger partial charge in [-0.2, -0.15) is 0 Å². The first-order valence-electron chi connectivity index (χ1n) is 12.8. The van der Waals surface area contributed by atoms with E-state index in [4.69, 9.17) is 0 Å². The molecule has 0 radical (unpaired) electrons. The van der Waals surface area contributed by atoms with Gasteiger partial charge < -0.3 is 20.9 Å². The molecule has 198 valence electrons. The summed E-state index contributed by atoms with van der Waals surface area (Å²) in [5.74, 6) is -0.289. The molecule has 3 aromatic carbocycles. The molecule has 0 spiro atoms. The van der Waals surface area contributed by atoms with Crippen molar-refractivity contribution >= 4 is 34.5 Å². The highest BCUT2D eigenvalue weighted by Crippen LogP contribution is 2.40. The molecule has 0 aliphatic carbocycles. The fourth-order valence-corrected chi connectivity index (χ4v) is 4.55. The van der Waals surface area contributed by atoms with Crippen LogP contribution in [0.2, 0.25) is 0 Å². The van der Waals surface area contributed by atoms with E-state index in [1.807, 2.05) is 82.5 Å². The largest absolute Gasteiger partial charge is 0.354 e. The van der Waals surface area contributed by atoms with Crippen LogP contribution in [0.5, 0.6) is 0 Å². The van der Waals surface area contributed by atoms with Crippen LogP contribution >= 0.6 is 0 Å². The second kappa shape index (κ2) is 11.0. The van der Waals surface area contributed by atoms with E-state index in [9.17, 15) is 4.79 Å².